The number of hydrogen-bond donors (Lipinski definition) is 1. The molecule has 0 atom stereocenters. The summed E-state index contributed by atoms with van der Waals surface area (Å²) in [7, 11) is -3.69. The highest BCUT2D eigenvalue weighted by atomic mass is 32.2. The largest absolute Gasteiger partial charge is 0.486 e. The smallest absolute Gasteiger partial charge is 0.243 e. The lowest BCUT2D eigenvalue weighted by Gasteiger charge is -2.28. The number of hydrogen-bond acceptors (Lipinski definition) is 7. The molecule has 0 aliphatic carbocycles. The molecule has 10 heteroatoms. The van der Waals surface area contributed by atoms with Gasteiger partial charge in [-0.15, -0.1) is 0 Å². The van der Waals surface area contributed by atoms with Crippen molar-refractivity contribution in [3.63, 3.8) is 0 Å². The van der Waals surface area contributed by atoms with Crippen LogP contribution in [-0.4, -0.2) is 71.2 Å². The summed E-state index contributed by atoms with van der Waals surface area (Å²) in [6.07, 6.45) is 0.120. The molecule has 1 fully saturated rings. The SMILES string of the molecule is CCN(CC)c1ccc(S(=O)(=O)N2CCOCC2)cc1NC(=O)Cc1ccc2c(c1)OCCO2. The van der Waals surface area contributed by atoms with E-state index in [1.54, 1.807) is 30.3 Å². The molecule has 2 aromatic rings. The average molecular weight is 490 g/mol. The third kappa shape index (κ3) is 5.29. The second-order valence-corrected chi connectivity index (χ2v) is 10.0. The Morgan fingerprint density at radius 3 is 2.38 bits per heavy atom. The molecule has 1 saturated heterocycles. The molecule has 2 aromatic carbocycles. The molecule has 0 unspecified atom stereocenters. The second-order valence-electron chi connectivity index (χ2n) is 8.07. The lowest BCUT2D eigenvalue weighted by atomic mass is 10.1. The number of sulfonamides is 1. The fraction of sp³-hybridized carbons (Fsp3) is 0.458. The highest BCUT2D eigenvalue weighted by molar-refractivity contribution is 7.89. The lowest BCUT2D eigenvalue weighted by molar-refractivity contribution is -0.115. The monoisotopic (exact) mass is 489 g/mol. The van der Waals surface area contributed by atoms with Gasteiger partial charge in [0.15, 0.2) is 11.5 Å². The van der Waals surface area contributed by atoms with Crippen molar-refractivity contribution in [2.45, 2.75) is 25.2 Å². The van der Waals surface area contributed by atoms with Crippen molar-refractivity contribution in [3.05, 3.63) is 42.0 Å². The van der Waals surface area contributed by atoms with Crippen LogP contribution < -0.4 is 19.7 Å². The summed E-state index contributed by atoms with van der Waals surface area (Å²) in [5, 5.41) is 2.94. The molecule has 184 valence electrons. The summed E-state index contributed by atoms with van der Waals surface area (Å²) < 4.78 is 44.2. The van der Waals surface area contributed by atoms with Crippen molar-refractivity contribution in [1.29, 1.82) is 0 Å². The maximum atomic E-state index is 13.2. The number of ether oxygens (including phenoxy) is 3. The minimum absolute atomic E-state index is 0.120. The molecule has 0 saturated carbocycles. The van der Waals surface area contributed by atoms with Crippen molar-refractivity contribution in [2.24, 2.45) is 0 Å². The summed E-state index contributed by atoms with van der Waals surface area (Å²) in [6, 6.07) is 10.4. The number of benzene rings is 2. The van der Waals surface area contributed by atoms with Gasteiger partial charge in [0.1, 0.15) is 13.2 Å². The van der Waals surface area contributed by atoms with Gasteiger partial charge >= 0.3 is 0 Å². The average Bonchev–Trinajstić information content (AvgIpc) is 2.86. The number of nitrogens with zero attached hydrogens (tertiary/aromatic N) is 2. The highest BCUT2D eigenvalue weighted by Crippen LogP contribution is 2.32. The quantitative estimate of drug-likeness (QED) is 0.609. The Bertz CT molecular complexity index is 1130. The van der Waals surface area contributed by atoms with Crippen LogP contribution in [0.2, 0.25) is 0 Å². The van der Waals surface area contributed by atoms with Crippen LogP contribution >= 0.6 is 0 Å². The van der Waals surface area contributed by atoms with E-state index in [9.17, 15) is 13.2 Å². The fourth-order valence-electron chi connectivity index (χ4n) is 4.13. The third-order valence-corrected chi connectivity index (χ3v) is 7.82. The molecule has 1 amide bonds. The molecule has 2 aliphatic rings. The molecule has 1 N–H and O–H groups in total. The zero-order valence-electron chi connectivity index (χ0n) is 19.6. The van der Waals surface area contributed by atoms with Crippen molar-refractivity contribution in [2.75, 3.05) is 62.8 Å². The summed E-state index contributed by atoms with van der Waals surface area (Å²) in [5.41, 5.74) is 2.03. The fourth-order valence-corrected chi connectivity index (χ4v) is 5.56. The number of fused-ring (bicyclic) bond motifs is 1. The van der Waals surface area contributed by atoms with Gasteiger partial charge in [0.25, 0.3) is 0 Å². The molecule has 34 heavy (non-hydrogen) atoms. The standard InChI is InChI=1S/C24H31N3O6S/c1-3-26(4-2)21-7-6-19(34(29,30)27-9-11-31-12-10-27)17-20(21)25-24(28)16-18-5-8-22-23(15-18)33-14-13-32-22/h5-8,15,17H,3-4,9-14,16H2,1-2H3,(H,25,28). The Morgan fingerprint density at radius 1 is 0.971 bits per heavy atom. The summed E-state index contributed by atoms with van der Waals surface area (Å²) >= 11 is 0. The maximum absolute atomic E-state index is 13.2. The van der Waals surface area contributed by atoms with Gasteiger partial charge in [-0.25, -0.2) is 8.42 Å². The van der Waals surface area contributed by atoms with Crippen molar-refractivity contribution in [3.8, 4) is 11.5 Å². The number of rotatable bonds is 8. The lowest BCUT2D eigenvalue weighted by Crippen LogP contribution is -2.40. The Morgan fingerprint density at radius 2 is 1.68 bits per heavy atom. The molecular weight excluding hydrogens is 458 g/mol. The molecule has 9 nitrogen and oxygen atoms in total. The highest BCUT2D eigenvalue weighted by Gasteiger charge is 2.27. The van der Waals surface area contributed by atoms with Crippen LogP contribution in [0.15, 0.2) is 41.3 Å². The second kappa shape index (κ2) is 10.6. The van der Waals surface area contributed by atoms with E-state index in [0.717, 1.165) is 24.3 Å². The van der Waals surface area contributed by atoms with Gasteiger partial charge in [0.05, 0.1) is 35.9 Å². The van der Waals surface area contributed by atoms with E-state index in [1.807, 2.05) is 19.9 Å². The van der Waals surface area contributed by atoms with Crippen LogP contribution in [0.1, 0.15) is 19.4 Å². The van der Waals surface area contributed by atoms with Gasteiger partial charge in [-0.2, -0.15) is 4.31 Å². The minimum Gasteiger partial charge on any atom is -0.486 e. The molecule has 0 bridgehead atoms. The van der Waals surface area contributed by atoms with Crippen LogP contribution in [0.25, 0.3) is 0 Å². The number of anilines is 2. The molecule has 2 aliphatic heterocycles. The number of morpholine rings is 1. The summed E-state index contributed by atoms with van der Waals surface area (Å²) in [4.78, 5) is 15.2. The molecule has 0 radical (unpaired) electrons. The maximum Gasteiger partial charge on any atom is 0.243 e. The zero-order chi connectivity index (χ0) is 24.1. The molecule has 2 heterocycles. The van der Waals surface area contributed by atoms with Crippen LogP contribution in [0.4, 0.5) is 11.4 Å². The van der Waals surface area contributed by atoms with E-state index in [1.165, 1.54) is 4.31 Å². The van der Waals surface area contributed by atoms with E-state index in [2.05, 4.69) is 10.2 Å². The van der Waals surface area contributed by atoms with Gasteiger partial charge in [-0.3, -0.25) is 4.79 Å². The minimum atomic E-state index is -3.69. The Kier molecular flexibility index (Phi) is 7.60. The van der Waals surface area contributed by atoms with E-state index in [4.69, 9.17) is 14.2 Å². The number of nitrogens with one attached hydrogen (secondary N) is 1. The molecule has 4 rings (SSSR count). The Balaban J connectivity index is 1.59. The number of carbonyl (C=O) groups excluding carboxylic acids is 1. The van der Waals surface area contributed by atoms with Crippen LogP contribution in [-0.2, 0) is 26.0 Å². The van der Waals surface area contributed by atoms with Crippen LogP contribution in [0, 0.1) is 0 Å². The van der Waals surface area contributed by atoms with Gasteiger partial charge in [-0.1, -0.05) is 6.07 Å². The Hall–Kier alpha value is -2.82. The van der Waals surface area contributed by atoms with Gasteiger partial charge in [-0.05, 0) is 49.7 Å². The zero-order valence-corrected chi connectivity index (χ0v) is 20.4. The molecule has 0 aromatic heterocycles. The number of amides is 1. The van der Waals surface area contributed by atoms with Crippen molar-refractivity contribution < 1.29 is 27.4 Å². The first-order valence-corrected chi connectivity index (χ1v) is 13.0. The van der Waals surface area contributed by atoms with Crippen molar-refractivity contribution in [1.82, 2.24) is 4.31 Å². The molecular formula is C24H31N3O6S. The van der Waals surface area contributed by atoms with Crippen LogP contribution in [0.3, 0.4) is 0 Å². The Labute approximate surface area is 200 Å². The normalized spacial score (nSPS) is 16.2. The number of carbonyl (C=O) groups is 1. The molecule has 0 spiro atoms. The summed E-state index contributed by atoms with van der Waals surface area (Å²) in [6.45, 7) is 7.81. The van der Waals surface area contributed by atoms with Gasteiger partial charge in [0, 0.05) is 26.2 Å². The van der Waals surface area contributed by atoms with E-state index < -0.39 is 10.0 Å². The van der Waals surface area contributed by atoms with Gasteiger partial charge in [0.2, 0.25) is 15.9 Å². The first kappa shape index (κ1) is 24.3. The third-order valence-electron chi connectivity index (χ3n) is 5.93. The van der Waals surface area contributed by atoms with Gasteiger partial charge < -0.3 is 24.4 Å². The van der Waals surface area contributed by atoms with E-state index in [0.29, 0.717) is 56.7 Å². The van der Waals surface area contributed by atoms with E-state index in [-0.39, 0.29) is 17.2 Å². The van der Waals surface area contributed by atoms with Crippen LogP contribution in [0.5, 0.6) is 11.5 Å². The topological polar surface area (TPSA) is 97.4 Å². The predicted octanol–water partition coefficient (Wildman–Crippen LogP) is 2.51. The first-order valence-electron chi connectivity index (χ1n) is 11.6. The van der Waals surface area contributed by atoms with Crippen molar-refractivity contribution >= 4 is 27.3 Å². The summed E-state index contributed by atoms with van der Waals surface area (Å²) in [5.74, 6) is 1.05. The first-order chi connectivity index (χ1) is 16.4. The van der Waals surface area contributed by atoms with E-state index >= 15 is 0 Å². The predicted molar refractivity (Wildman–Crippen MR) is 129 cm³/mol.